The Labute approximate surface area is 128 Å². The molecule has 0 heterocycles. The van der Waals surface area contributed by atoms with Gasteiger partial charge >= 0.3 is 0 Å². The highest BCUT2D eigenvalue weighted by Crippen LogP contribution is 2.24. The summed E-state index contributed by atoms with van der Waals surface area (Å²) >= 11 is 5.98. The number of halogens is 1. The number of phenols is 1. The van der Waals surface area contributed by atoms with E-state index in [0.29, 0.717) is 5.02 Å². The SMILES string of the molecule is CCCCCN(CCCCC)Cc1ccc(O)c(Cl)c1. The molecule has 0 fully saturated rings. The smallest absolute Gasteiger partial charge is 0.134 e. The van der Waals surface area contributed by atoms with E-state index in [2.05, 4.69) is 18.7 Å². The first-order chi connectivity index (χ1) is 9.67. The van der Waals surface area contributed by atoms with Gasteiger partial charge in [0.15, 0.2) is 0 Å². The summed E-state index contributed by atoms with van der Waals surface area (Å²) in [7, 11) is 0. The second-order valence-electron chi connectivity index (χ2n) is 5.48. The Balaban J connectivity index is 2.54. The van der Waals surface area contributed by atoms with Crippen LogP contribution in [0.1, 0.15) is 57.9 Å². The van der Waals surface area contributed by atoms with Crippen molar-refractivity contribution in [3.05, 3.63) is 28.8 Å². The lowest BCUT2D eigenvalue weighted by molar-refractivity contribution is 0.254. The van der Waals surface area contributed by atoms with Gasteiger partial charge in [-0.3, -0.25) is 4.90 Å². The van der Waals surface area contributed by atoms with Gasteiger partial charge in [-0.05, 0) is 43.6 Å². The third kappa shape index (κ3) is 6.62. The fourth-order valence-electron chi connectivity index (χ4n) is 2.35. The first kappa shape index (κ1) is 17.3. The Morgan fingerprint density at radius 3 is 2.10 bits per heavy atom. The molecule has 1 rings (SSSR count). The summed E-state index contributed by atoms with van der Waals surface area (Å²) in [6, 6.07) is 5.53. The summed E-state index contributed by atoms with van der Waals surface area (Å²) in [4.78, 5) is 2.51. The molecule has 0 saturated carbocycles. The number of hydrogen-bond acceptors (Lipinski definition) is 2. The van der Waals surface area contributed by atoms with Crippen molar-refractivity contribution < 1.29 is 5.11 Å². The Bertz CT molecular complexity index is 371. The van der Waals surface area contributed by atoms with Crippen molar-refractivity contribution >= 4 is 11.6 Å². The number of hydrogen-bond donors (Lipinski definition) is 1. The van der Waals surface area contributed by atoms with Crippen LogP contribution in [0.5, 0.6) is 5.75 Å². The van der Waals surface area contributed by atoms with Crippen LogP contribution in [0.15, 0.2) is 18.2 Å². The molecule has 2 nitrogen and oxygen atoms in total. The molecule has 0 atom stereocenters. The molecular weight excluding hydrogens is 270 g/mol. The van der Waals surface area contributed by atoms with Crippen LogP contribution in [0.4, 0.5) is 0 Å². The van der Waals surface area contributed by atoms with Crippen molar-refractivity contribution in [3.63, 3.8) is 0 Å². The first-order valence-corrected chi connectivity index (χ1v) is 8.25. The van der Waals surface area contributed by atoms with E-state index < -0.39 is 0 Å². The molecule has 0 radical (unpaired) electrons. The summed E-state index contributed by atoms with van der Waals surface area (Å²) < 4.78 is 0. The minimum atomic E-state index is 0.166. The zero-order valence-corrected chi connectivity index (χ0v) is 13.6. The summed E-state index contributed by atoms with van der Waals surface area (Å²) in [6.07, 6.45) is 7.62. The van der Waals surface area contributed by atoms with E-state index in [1.54, 1.807) is 6.07 Å². The van der Waals surface area contributed by atoms with Crippen LogP contribution in [0, 0.1) is 0 Å². The molecule has 0 bridgehead atoms. The molecule has 0 unspecified atom stereocenters. The number of phenolic OH excluding ortho intramolecular Hbond substituents is 1. The lowest BCUT2D eigenvalue weighted by atomic mass is 10.1. The second kappa shape index (κ2) is 10.1. The molecule has 3 heteroatoms. The van der Waals surface area contributed by atoms with Crippen LogP contribution >= 0.6 is 11.6 Å². The van der Waals surface area contributed by atoms with Gasteiger partial charge in [-0.2, -0.15) is 0 Å². The lowest BCUT2D eigenvalue weighted by Gasteiger charge is -2.22. The van der Waals surface area contributed by atoms with Crippen LogP contribution in [-0.4, -0.2) is 23.1 Å². The normalized spacial score (nSPS) is 11.2. The van der Waals surface area contributed by atoms with Crippen molar-refractivity contribution in [2.45, 2.75) is 58.9 Å². The van der Waals surface area contributed by atoms with Gasteiger partial charge in [-0.25, -0.2) is 0 Å². The highest BCUT2D eigenvalue weighted by atomic mass is 35.5. The molecular formula is C17H28ClNO. The van der Waals surface area contributed by atoms with Gasteiger partial charge in [0.25, 0.3) is 0 Å². The summed E-state index contributed by atoms with van der Waals surface area (Å²) in [5.41, 5.74) is 1.18. The largest absolute Gasteiger partial charge is 0.506 e. The molecule has 1 N–H and O–H groups in total. The Hall–Kier alpha value is -0.730. The van der Waals surface area contributed by atoms with Crippen molar-refractivity contribution in [2.24, 2.45) is 0 Å². The zero-order valence-electron chi connectivity index (χ0n) is 12.9. The average Bonchev–Trinajstić information content (AvgIpc) is 2.43. The van der Waals surface area contributed by atoms with Crippen LogP contribution in [0.25, 0.3) is 0 Å². The predicted molar refractivity (Wildman–Crippen MR) is 87.4 cm³/mol. The van der Waals surface area contributed by atoms with Crippen LogP contribution in [-0.2, 0) is 6.54 Å². The van der Waals surface area contributed by atoms with Gasteiger partial charge in [0.2, 0.25) is 0 Å². The summed E-state index contributed by atoms with van der Waals surface area (Å²) in [6.45, 7) is 7.70. The van der Waals surface area contributed by atoms with E-state index in [-0.39, 0.29) is 5.75 Å². The van der Waals surface area contributed by atoms with Crippen molar-refractivity contribution in [2.75, 3.05) is 13.1 Å². The molecule has 0 aromatic heterocycles. The summed E-state index contributed by atoms with van der Waals surface area (Å²) in [5, 5.41) is 9.93. The van der Waals surface area contributed by atoms with Crippen molar-refractivity contribution in [3.8, 4) is 5.75 Å². The number of nitrogens with zero attached hydrogens (tertiary/aromatic N) is 1. The van der Waals surface area contributed by atoms with Gasteiger partial charge in [0.05, 0.1) is 5.02 Å². The second-order valence-corrected chi connectivity index (χ2v) is 5.88. The number of rotatable bonds is 10. The highest BCUT2D eigenvalue weighted by molar-refractivity contribution is 6.32. The number of benzene rings is 1. The van der Waals surface area contributed by atoms with Gasteiger partial charge in [0, 0.05) is 6.54 Å². The van der Waals surface area contributed by atoms with Gasteiger partial charge in [-0.1, -0.05) is 57.2 Å². The van der Waals surface area contributed by atoms with Gasteiger partial charge < -0.3 is 5.11 Å². The molecule has 0 amide bonds. The fraction of sp³-hybridized carbons (Fsp3) is 0.647. The quantitative estimate of drug-likeness (QED) is 0.598. The van der Waals surface area contributed by atoms with E-state index >= 15 is 0 Å². The van der Waals surface area contributed by atoms with Gasteiger partial charge in [-0.15, -0.1) is 0 Å². The van der Waals surface area contributed by atoms with E-state index in [1.165, 1.54) is 44.1 Å². The molecule has 114 valence electrons. The highest BCUT2D eigenvalue weighted by Gasteiger charge is 2.07. The number of unbranched alkanes of at least 4 members (excludes halogenated alkanes) is 4. The van der Waals surface area contributed by atoms with E-state index in [0.717, 1.165) is 19.6 Å². The Morgan fingerprint density at radius 2 is 1.60 bits per heavy atom. The first-order valence-electron chi connectivity index (χ1n) is 7.87. The maximum Gasteiger partial charge on any atom is 0.134 e. The van der Waals surface area contributed by atoms with Crippen molar-refractivity contribution in [1.82, 2.24) is 4.90 Å². The molecule has 0 spiro atoms. The Kier molecular flexibility index (Phi) is 8.72. The van der Waals surface area contributed by atoms with Crippen LogP contribution in [0.2, 0.25) is 5.02 Å². The zero-order chi connectivity index (χ0) is 14.8. The molecule has 1 aromatic carbocycles. The van der Waals surface area contributed by atoms with Crippen LogP contribution in [0.3, 0.4) is 0 Å². The molecule has 20 heavy (non-hydrogen) atoms. The molecule has 0 aliphatic heterocycles. The monoisotopic (exact) mass is 297 g/mol. The average molecular weight is 298 g/mol. The van der Waals surface area contributed by atoms with Crippen LogP contribution < -0.4 is 0 Å². The minimum Gasteiger partial charge on any atom is -0.506 e. The predicted octanol–water partition coefficient (Wildman–Crippen LogP) is 5.23. The number of aromatic hydroxyl groups is 1. The standard InChI is InChI=1S/C17H28ClNO/c1-3-5-7-11-19(12-8-6-4-2)14-15-9-10-17(20)16(18)13-15/h9-10,13,20H,3-8,11-12,14H2,1-2H3. The topological polar surface area (TPSA) is 23.5 Å². The molecule has 0 aliphatic rings. The summed E-state index contributed by atoms with van der Waals surface area (Å²) in [5.74, 6) is 0.166. The molecule has 0 aliphatic carbocycles. The maximum atomic E-state index is 9.48. The molecule has 1 aromatic rings. The van der Waals surface area contributed by atoms with E-state index in [4.69, 9.17) is 11.6 Å². The van der Waals surface area contributed by atoms with E-state index in [9.17, 15) is 5.11 Å². The Morgan fingerprint density at radius 1 is 1.00 bits per heavy atom. The fourth-order valence-corrected chi connectivity index (χ4v) is 2.55. The lowest BCUT2D eigenvalue weighted by Crippen LogP contribution is -2.25. The van der Waals surface area contributed by atoms with E-state index in [1.807, 2.05) is 12.1 Å². The maximum absolute atomic E-state index is 9.48. The minimum absolute atomic E-state index is 0.166. The molecule has 0 saturated heterocycles. The third-order valence-electron chi connectivity index (χ3n) is 3.57. The third-order valence-corrected chi connectivity index (χ3v) is 3.88. The van der Waals surface area contributed by atoms with Gasteiger partial charge in [0.1, 0.15) is 5.75 Å². The van der Waals surface area contributed by atoms with Crippen molar-refractivity contribution in [1.29, 1.82) is 0 Å².